The molecule has 1 N–H and O–H groups in total. The third-order valence-corrected chi connectivity index (χ3v) is 4.65. The highest BCUT2D eigenvalue weighted by Crippen LogP contribution is 2.19. The van der Waals surface area contributed by atoms with Crippen LogP contribution in [-0.4, -0.2) is 15.7 Å². The molecular weight excluding hydrogens is 463 g/mol. The second kappa shape index (κ2) is 7.49. The van der Waals surface area contributed by atoms with Gasteiger partial charge in [-0.3, -0.25) is 4.79 Å². The number of rotatable bonds is 4. The van der Waals surface area contributed by atoms with E-state index in [0.29, 0.717) is 20.5 Å². The largest absolute Gasteiger partial charge is 0.307 e. The summed E-state index contributed by atoms with van der Waals surface area (Å²) in [5.74, 6) is -0.859. The molecule has 25 heavy (non-hydrogen) atoms. The van der Waals surface area contributed by atoms with Gasteiger partial charge in [-0.15, -0.1) is 0 Å². The van der Waals surface area contributed by atoms with E-state index in [1.165, 1.54) is 41.2 Å². The Morgan fingerprint density at radius 1 is 1.20 bits per heavy atom. The average Bonchev–Trinajstić information content (AvgIpc) is 2.97. The monoisotopic (exact) mass is 473 g/mol. The highest BCUT2D eigenvalue weighted by atomic mass is 127. The third-order valence-electron chi connectivity index (χ3n) is 3.45. The predicted octanol–water partition coefficient (Wildman–Crippen LogP) is 4.72. The molecule has 3 aromatic rings. The van der Waals surface area contributed by atoms with Gasteiger partial charge in [-0.2, -0.15) is 5.10 Å². The maximum Gasteiger partial charge on any atom is 0.257 e. The van der Waals surface area contributed by atoms with Crippen LogP contribution in [0.3, 0.4) is 0 Å². The minimum Gasteiger partial charge on any atom is -0.307 e. The van der Waals surface area contributed by atoms with Gasteiger partial charge >= 0.3 is 0 Å². The molecule has 128 valence electrons. The lowest BCUT2D eigenvalue weighted by Crippen LogP contribution is -2.17. The summed E-state index contributed by atoms with van der Waals surface area (Å²) in [6.45, 7) is 0.261. The topological polar surface area (TPSA) is 46.9 Å². The Hall–Kier alpha value is -2.00. The highest BCUT2D eigenvalue weighted by molar-refractivity contribution is 14.1. The zero-order chi connectivity index (χ0) is 18.0. The van der Waals surface area contributed by atoms with Crippen LogP contribution in [0, 0.1) is 15.2 Å². The molecule has 0 radical (unpaired) electrons. The fourth-order valence-electron chi connectivity index (χ4n) is 2.23. The first-order valence-electron chi connectivity index (χ1n) is 7.16. The van der Waals surface area contributed by atoms with Crippen molar-refractivity contribution in [2.75, 3.05) is 5.32 Å². The SMILES string of the molecule is O=C(Nc1ccnn1Cc1ccc(Cl)c(F)c1)c1ccc(F)cc1I. The molecule has 1 amide bonds. The minimum atomic E-state index is -0.516. The number of hydrogen-bond donors (Lipinski definition) is 1. The van der Waals surface area contributed by atoms with Gasteiger partial charge in [0.1, 0.15) is 17.5 Å². The Morgan fingerprint density at radius 2 is 2.00 bits per heavy atom. The lowest BCUT2D eigenvalue weighted by Gasteiger charge is -2.10. The number of hydrogen-bond acceptors (Lipinski definition) is 2. The van der Waals surface area contributed by atoms with Crippen molar-refractivity contribution in [3.8, 4) is 0 Å². The second-order valence-electron chi connectivity index (χ2n) is 5.20. The highest BCUT2D eigenvalue weighted by Gasteiger charge is 2.14. The Morgan fingerprint density at radius 3 is 2.72 bits per heavy atom. The minimum absolute atomic E-state index is 0.0450. The van der Waals surface area contributed by atoms with Crippen molar-refractivity contribution in [2.24, 2.45) is 0 Å². The van der Waals surface area contributed by atoms with Crippen LogP contribution in [0.4, 0.5) is 14.6 Å². The summed E-state index contributed by atoms with van der Waals surface area (Å²) in [5.41, 5.74) is 1.00. The summed E-state index contributed by atoms with van der Waals surface area (Å²) in [5, 5.41) is 6.90. The zero-order valence-electron chi connectivity index (χ0n) is 12.6. The second-order valence-corrected chi connectivity index (χ2v) is 6.77. The molecule has 0 aliphatic carbocycles. The van der Waals surface area contributed by atoms with Gasteiger partial charge in [-0.05, 0) is 58.5 Å². The van der Waals surface area contributed by atoms with Crippen LogP contribution in [0.1, 0.15) is 15.9 Å². The molecule has 1 heterocycles. The van der Waals surface area contributed by atoms with Crippen molar-refractivity contribution < 1.29 is 13.6 Å². The van der Waals surface area contributed by atoms with Gasteiger partial charge in [-0.25, -0.2) is 13.5 Å². The van der Waals surface area contributed by atoms with E-state index in [1.54, 1.807) is 12.1 Å². The van der Waals surface area contributed by atoms with Crippen molar-refractivity contribution >= 4 is 45.9 Å². The van der Waals surface area contributed by atoms with E-state index in [4.69, 9.17) is 11.6 Å². The van der Waals surface area contributed by atoms with Crippen molar-refractivity contribution in [3.05, 3.63) is 80.0 Å². The molecule has 0 fully saturated rings. The van der Waals surface area contributed by atoms with Crippen LogP contribution >= 0.6 is 34.2 Å². The molecule has 0 unspecified atom stereocenters. The van der Waals surface area contributed by atoms with Crippen LogP contribution < -0.4 is 5.32 Å². The first kappa shape index (κ1) is 17.8. The number of benzene rings is 2. The fraction of sp³-hybridized carbons (Fsp3) is 0.0588. The lowest BCUT2D eigenvalue weighted by molar-refractivity contribution is 0.102. The molecule has 0 aliphatic rings. The molecule has 1 aromatic heterocycles. The van der Waals surface area contributed by atoms with Crippen LogP contribution in [0.15, 0.2) is 48.7 Å². The molecule has 0 saturated heterocycles. The Bertz CT molecular complexity index is 945. The van der Waals surface area contributed by atoms with Crippen molar-refractivity contribution in [1.82, 2.24) is 9.78 Å². The molecular formula is C17H11ClF2IN3O. The molecule has 0 bridgehead atoms. The number of halogens is 4. The lowest BCUT2D eigenvalue weighted by atomic mass is 10.2. The standard InChI is InChI=1S/C17H11ClF2IN3O/c18-13-4-1-10(7-14(13)20)9-24-16(5-6-22-24)23-17(25)12-3-2-11(19)8-15(12)21/h1-8H,9H2,(H,23,25). The van der Waals surface area contributed by atoms with E-state index in [2.05, 4.69) is 10.4 Å². The number of carbonyl (C=O) groups excluding carboxylic acids is 1. The van der Waals surface area contributed by atoms with E-state index in [9.17, 15) is 13.6 Å². The molecule has 0 aliphatic heterocycles. The number of aromatic nitrogens is 2. The summed E-state index contributed by atoms with van der Waals surface area (Å²) >= 11 is 7.57. The van der Waals surface area contributed by atoms with Gasteiger partial charge in [0.15, 0.2) is 0 Å². The molecule has 2 aromatic carbocycles. The normalized spacial score (nSPS) is 10.7. The van der Waals surface area contributed by atoms with Gasteiger partial charge < -0.3 is 5.32 Å². The number of amides is 1. The van der Waals surface area contributed by atoms with Crippen LogP contribution in [0.25, 0.3) is 0 Å². The number of nitrogens with zero attached hydrogens (tertiary/aromatic N) is 2. The van der Waals surface area contributed by atoms with Crippen molar-refractivity contribution in [1.29, 1.82) is 0 Å². The molecule has 8 heteroatoms. The molecule has 3 rings (SSSR count). The van der Waals surface area contributed by atoms with Gasteiger partial charge in [0, 0.05) is 9.64 Å². The van der Waals surface area contributed by atoms with E-state index >= 15 is 0 Å². The molecule has 0 atom stereocenters. The van der Waals surface area contributed by atoms with Gasteiger partial charge in [0.25, 0.3) is 5.91 Å². The zero-order valence-corrected chi connectivity index (χ0v) is 15.6. The smallest absolute Gasteiger partial charge is 0.257 e. The summed E-state index contributed by atoms with van der Waals surface area (Å²) < 4.78 is 28.7. The quantitative estimate of drug-likeness (QED) is 0.558. The fourth-order valence-corrected chi connectivity index (χ4v) is 3.07. The Labute approximate surface area is 160 Å². The Balaban J connectivity index is 1.79. The summed E-state index contributed by atoms with van der Waals surface area (Å²) in [7, 11) is 0. The number of nitrogens with one attached hydrogen (secondary N) is 1. The first-order valence-corrected chi connectivity index (χ1v) is 8.62. The van der Waals surface area contributed by atoms with Crippen LogP contribution in [-0.2, 0) is 6.54 Å². The van der Waals surface area contributed by atoms with Gasteiger partial charge in [0.2, 0.25) is 0 Å². The molecule has 0 spiro atoms. The first-order chi connectivity index (χ1) is 11.9. The summed E-state index contributed by atoms with van der Waals surface area (Å²) in [6.07, 6.45) is 1.53. The van der Waals surface area contributed by atoms with E-state index in [0.717, 1.165) is 0 Å². The predicted molar refractivity (Wildman–Crippen MR) is 99.8 cm³/mol. The number of anilines is 1. The van der Waals surface area contributed by atoms with E-state index < -0.39 is 11.6 Å². The molecule has 4 nitrogen and oxygen atoms in total. The van der Waals surface area contributed by atoms with Crippen molar-refractivity contribution in [3.63, 3.8) is 0 Å². The summed E-state index contributed by atoms with van der Waals surface area (Å²) in [6, 6.07) is 10.0. The van der Waals surface area contributed by atoms with Crippen LogP contribution in [0.2, 0.25) is 5.02 Å². The van der Waals surface area contributed by atoms with E-state index in [1.807, 2.05) is 22.6 Å². The maximum atomic E-state index is 13.6. The molecule has 0 saturated carbocycles. The van der Waals surface area contributed by atoms with Gasteiger partial charge in [0.05, 0.1) is 23.3 Å². The Kier molecular flexibility index (Phi) is 5.33. The van der Waals surface area contributed by atoms with E-state index in [-0.39, 0.29) is 17.5 Å². The third kappa shape index (κ3) is 4.16. The average molecular weight is 474 g/mol. The number of carbonyl (C=O) groups is 1. The van der Waals surface area contributed by atoms with Crippen molar-refractivity contribution in [2.45, 2.75) is 6.54 Å². The van der Waals surface area contributed by atoms with Crippen LogP contribution in [0.5, 0.6) is 0 Å². The van der Waals surface area contributed by atoms with Gasteiger partial charge in [-0.1, -0.05) is 17.7 Å². The maximum absolute atomic E-state index is 13.6. The summed E-state index contributed by atoms with van der Waals surface area (Å²) in [4.78, 5) is 12.4.